The summed E-state index contributed by atoms with van der Waals surface area (Å²) in [6.45, 7) is 1.39. The maximum Gasteiger partial charge on any atom is 0.235 e. The average Bonchev–Trinajstić information content (AvgIpc) is 2.88. The lowest BCUT2D eigenvalue weighted by Gasteiger charge is -2.44. The van der Waals surface area contributed by atoms with Gasteiger partial charge in [-0.3, -0.25) is 14.4 Å². The summed E-state index contributed by atoms with van der Waals surface area (Å²) in [6, 6.07) is 18.7. The molecule has 1 aliphatic carbocycles. The van der Waals surface area contributed by atoms with Crippen molar-refractivity contribution in [2.24, 2.45) is 11.8 Å². The van der Waals surface area contributed by atoms with E-state index in [0.29, 0.717) is 28.4 Å². The van der Waals surface area contributed by atoms with E-state index in [9.17, 15) is 23.9 Å². The molecular formula is C29H29FN2O6. The fourth-order valence-electron chi connectivity index (χ4n) is 5.09. The summed E-state index contributed by atoms with van der Waals surface area (Å²) in [5.41, 5.74) is -0.734. The summed E-state index contributed by atoms with van der Waals surface area (Å²) < 4.78 is 24.5. The fraction of sp³-hybridized carbons (Fsp3) is 0.276. The van der Waals surface area contributed by atoms with Gasteiger partial charge in [0.05, 0.1) is 37.1 Å². The van der Waals surface area contributed by atoms with Crippen LogP contribution in [-0.2, 0) is 14.4 Å². The molecule has 3 aromatic carbocycles. The van der Waals surface area contributed by atoms with Crippen molar-refractivity contribution in [1.82, 2.24) is 0 Å². The third-order valence-electron chi connectivity index (χ3n) is 6.82. The largest absolute Gasteiger partial charge is 0.495 e. The van der Waals surface area contributed by atoms with Crippen LogP contribution in [0, 0.1) is 17.7 Å². The zero-order valence-corrected chi connectivity index (χ0v) is 21.2. The van der Waals surface area contributed by atoms with E-state index in [4.69, 9.17) is 9.47 Å². The first-order valence-electron chi connectivity index (χ1n) is 12.0. The van der Waals surface area contributed by atoms with Crippen LogP contribution in [0.15, 0.2) is 72.8 Å². The van der Waals surface area contributed by atoms with Gasteiger partial charge in [0.15, 0.2) is 0 Å². The molecule has 0 aromatic heterocycles. The van der Waals surface area contributed by atoms with Crippen molar-refractivity contribution in [3.8, 4) is 11.5 Å². The summed E-state index contributed by atoms with van der Waals surface area (Å²) in [4.78, 5) is 40.8. The van der Waals surface area contributed by atoms with Crippen LogP contribution in [-0.4, -0.2) is 42.5 Å². The zero-order chi connectivity index (χ0) is 27.4. The molecule has 4 atom stereocenters. The molecule has 1 saturated carbocycles. The number of aliphatic hydroxyl groups is 1. The molecular weight excluding hydrogens is 491 g/mol. The Morgan fingerprint density at radius 3 is 1.89 bits per heavy atom. The first kappa shape index (κ1) is 26.8. The van der Waals surface area contributed by atoms with Gasteiger partial charge < -0.3 is 25.2 Å². The molecule has 1 fully saturated rings. The zero-order valence-electron chi connectivity index (χ0n) is 21.2. The molecule has 4 rings (SSSR count). The second-order valence-corrected chi connectivity index (χ2v) is 9.41. The molecule has 0 unspecified atom stereocenters. The van der Waals surface area contributed by atoms with Gasteiger partial charge in [0, 0.05) is 12.3 Å². The lowest BCUT2D eigenvalue weighted by Crippen LogP contribution is -2.56. The highest BCUT2D eigenvalue weighted by atomic mass is 19.1. The number of rotatable bonds is 7. The predicted octanol–water partition coefficient (Wildman–Crippen LogP) is 4.16. The summed E-state index contributed by atoms with van der Waals surface area (Å²) in [5.74, 6) is -5.25. The number of methoxy groups -OCH3 is 2. The third kappa shape index (κ3) is 5.38. The number of benzene rings is 3. The topological polar surface area (TPSA) is 114 Å². The highest BCUT2D eigenvalue weighted by molar-refractivity contribution is 6.11. The highest BCUT2D eigenvalue weighted by Crippen LogP contribution is 2.47. The van der Waals surface area contributed by atoms with Crippen molar-refractivity contribution in [1.29, 1.82) is 0 Å². The Morgan fingerprint density at radius 2 is 1.37 bits per heavy atom. The second kappa shape index (κ2) is 11.0. The van der Waals surface area contributed by atoms with Crippen molar-refractivity contribution in [2.45, 2.75) is 24.9 Å². The fourth-order valence-corrected chi connectivity index (χ4v) is 5.09. The van der Waals surface area contributed by atoms with Crippen LogP contribution in [0.3, 0.4) is 0 Å². The number of hydrogen-bond donors (Lipinski definition) is 3. The van der Waals surface area contributed by atoms with Gasteiger partial charge in [-0.2, -0.15) is 0 Å². The molecule has 0 aliphatic heterocycles. The van der Waals surface area contributed by atoms with Gasteiger partial charge in [0.2, 0.25) is 11.8 Å². The number of halogens is 1. The Kier molecular flexibility index (Phi) is 7.78. The van der Waals surface area contributed by atoms with Crippen LogP contribution in [0.4, 0.5) is 15.8 Å². The molecule has 8 nitrogen and oxygen atoms in total. The van der Waals surface area contributed by atoms with Gasteiger partial charge in [-0.1, -0.05) is 36.4 Å². The van der Waals surface area contributed by atoms with Gasteiger partial charge in [-0.15, -0.1) is 0 Å². The molecule has 0 spiro atoms. The predicted molar refractivity (Wildman–Crippen MR) is 140 cm³/mol. The van der Waals surface area contributed by atoms with Crippen LogP contribution in [0.1, 0.15) is 24.8 Å². The highest BCUT2D eigenvalue weighted by Gasteiger charge is 2.56. The number of amides is 2. The molecule has 3 aromatic rings. The van der Waals surface area contributed by atoms with E-state index in [1.807, 2.05) is 0 Å². The van der Waals surface area contributed by atoms with Crippen LogP contribution >= 0.6 is 0 Å². The SMILES string of the molecule is COc1ccccc1NC(=O)[C@H]1C(=O)C[C@](C)(O)[C@@H](C(=O)Nc2ccccc2OC)[C@@H]1c1ccc(F)cc1. The number of para-hydroxylation sites is 4. The normalized spacial score (nSPS) is 22.9. The number of anilines is 2. The van der Waals surface area contributed by atoms with Gasteiger partial charge in [0.1, 0.15) is 29.0 Å². The van der Waals surface area contributed by atoms with Gasteiger partial charge in [0.25, 0.3) is 0 Å². The van der Waals surface area contributed by atoms with E-state index in [0.717, 1.165) is 0 Å². The number of ketones is 1. The minimum absolute atomic E-state index is 0.345. The summed E-state index contributed by atoms with van der Waals surface area (Å²) >= 11 is 0. The van der Waals surface area contributed by atoms with E-state index in [1.165, 1.54) is 45.4 Å². The van der Waals surface area contributed by atoms with Crippen LogP contribution < -0.4 is 20.1 Å². The maximum atomic E-state index is 13.8. The summed E-state index contributed by atoms with van der Waals surface area (Å²) in [6.07, 6.45) is -0.432. The quantitative estimate of drug-likeness (QED) is 0.403. The Morgan fingerprint density at radius 1 is 0.868 bits per heavy atom. The molecule has 0 radical (unpaired) electrons. The minimum Gasteiger partial charge on any atom is -0.495 e. The van der Waals surface area contributed by atoms with Crippen molar-refractivity contribution >= 4 is 29.0 Å². The van der Waals surface area contributed by atoms with Gasteiger partial charge in [-0.25, -0.2) is 4.39 Å². The van der Waals surface area contributed by atoms with E-state index in [2.05, 4.69) is 10.6 Å². The Bertz CT molecular complexity index is 1340. The second-order valence-electron chi connectivity index (χ2n) is 9.41. The summed E-state index contributed by atoms with van der Waals surface area (Å²) in [7, 11) is 2.91. The molecule has 0 saturated heterocycles. The molecule has 0 bridgehead atoms. The number of nitrogens with one attached hydrogen (secondary N) is 2. The lowest BCUT2D eigenvalue weighted by molar-refractivity contribution is -0.150. The molecule has 1 aliphatic rings. The smallest absolute Gasteiger partial charge is 0.235 e. The standard InChI is InChI=1S/C29H29FN2O6/c1-29(36)16-21(33)25(27(34)31-19-8-4-6-10-22(19)37-2)24(17-12-14-18(30)15-13-17)26(29)28(35)32-20-9-5-7-11-23(20)38-3/h4-15,24-26,36H,16H2,1-3H3,(H,31,34)(H,32,35)/t24-,25+,26-,29+/m1/s1. The average molecular weight is 521 g/mol. The maximum absolute atomic E-state index is 13.8. The van der Waals surface area contributed by atoms with Crippen molar-refractivity contribution in [3.05, 3.63) is 84.2 Å². The van der Waals surface area contributed by atoms with Crippen molar-refractivity contribution in [2.75, 3.05) is 24.9 Å². The monoisotopic (exact) mass is 520 g/mol. The first-order chi connectivity index (χ1) is 18.2. The Labute approximate surface area is 219 Å². The number of ether oxygens (including phenoxy) is 2. The Balaban J connectivity index is 1.78. The number of hydrogen-bond acceptors (Lipinski definition) is 6. The number of carbonyl (C=O) groups is 3. The lowest BCUT2D eigenvalue weighted by atomic mass is 9.61. The van der Waals surface area contributed by atoms with E-state index in [-0.39, 0.29) is 0 Å². The number of carbonyl (C=O) groups excluding carboxylic acids is 3. The number of Topliss-reactive ketones (excluding diaryl/α,β-unsaturated/α-hetero) is 1. The van der Waals surface area contributed by atoms with Crippen molar-refractivity contribution in [3.63, 3.8) is 0 Å². The summed E-state index contributed by atoms with van der Waals surface area (Å²) in [5, 5.41) is 16.9. The van der Waals surface area contributed by atoms with Crippen molar-refractivity contribution < 1.29 is 33.4 Å². The van der Waals surface area contributed by atoms with Crippen LogP contribution in [0.25, 0.3) is 0 Å². The first-order valence-corrected chi connectivity index (χ1v) is 12.0. The molecule has 198 valence electrons. The molecule has 38 heavy (non-hydrogen) atoms. The molecule has 9 heteroatoms. The molecule has 2 amide bonds. The van der Waals surface area contributed by atoms with E-state index in [1.54, 1.807) is 48.5 Å². The molecule has 3 N–H and O–H groups in total. The van der Waals surface area contributed by atoms with Gasteiger partial charge >= 0.3 is 0 Å². The van der Waals surface area contributed by atoms with Crippen LogP contribution in [0.2, 0.25) is 0 Å². The van der Waals surface area contributed by atoms with Gasteiger partial charge in [-0.05, 0) is 48.9 Å². The third-order valence-corrected chi connectivity index (χ3v) is 6.82. The molecule has 0 heterocycles. The minimum atomic E-state index is -1.80. The Hall–Kier alpha value is -4.24. The van der Waals surface area contributed by atoms with E-state index >= 15 is 0 Å². The van der Waals surface area contributed by atoms with Crippen LogP contribution in [0.5, 0.6) is 11.5 Å². The van der Waals surface area contributed by atoms with E-state index < -0.39 is 53.2 Å².